The zero-order valence-electron chi connectivity index (χ0n) is 13.7. The smallest absolute Gasteiger partial charge is 0.198 e. The van der Waals surface area contributed by atoms with Crippen molar-refractivity contribution < 1.29 is 4.74 Å². The largest absolute Gasteiger partial charge is 0.466 e. The van der Waals surface area contributed by atoms with Gasteiger partial charge in [-0.15, -0.1) is 11.3 Å². The summed E-state index contributed by atoms with van der Waals surface area (Å²) in [7, 11) is 0. The highest BCUT2D eigenvalue weighted by atomic mass is 79.9. The van der Waals surface area contributed by atoms with Gasteiger partial charge in [0.2, 0.25) is 0 Å². The number of fused-ring (bicyclic) bond motifs is 4. The Labute approximate surface area is 168 Å². The number of hydrogen-bond donors (Lipinski definition) is 0. The molecule has 1 saturated carbocycles. The van der Waals surface area contributed by atoms with E-state index in [1.165, 1.54) is 35.4 Å². The van der Waals surface area contributed by atoms with E-state index in [4.69, 9.17) is 9.84 Å². The quantitative estimate of drug-likeness (QED) is 0.465. The van der Waals surface area contributed by atoms with Crippen molar-refractivity contribution >= 4 is 48.9 Å². The van der Waals surface area contributed by atoms with Gasteiger partial charge >= 0.3 is 0 Å². The second-order valence-corrected chi connectivity index (χ2v) is 10.4. The highest BCUT2D eigenvalue weighted by Gasteiger charge is 2.50. The van der Waals surface area contributed by atoms with E-state index in [2.05, 4.69) is 67.2 Å². The first-order valence-electron chi connectivity index (χ1n) is 8.76. The van der Waals surface area contributed by atoms with Gasteiger partial charge in [0.15, 0.2) is 5.72 Å². The topological polar surface area (TPSA) is 24.8 Å². The second-order valence-electron chi connectivity index (χ2n) is 7.01. The van der Waals surface area contributed by atoms with Crippen LogP contribution in [0.5, 0.6) is 5.75 Å². The zero-order valence-corrected chi connectivity index (χ0v) is 17.7. The lowest BCUT2D eigenvalue weighted by molar-refractivity contribution is -0.140. The normalized spacial score (nSPS) is 23.8. The number of rotatable bonds is 1. The van der Waals surface area contributed by atoms with Gasteiger partial charge in [-0.25, -0.2) is 5.01 Å². The molecule has 1 aliphatic carbocycles. The fraction of sp³-hybridized carbons (Fsp3) is 0.421. The molecule has 2 aliphatic heterocycles. The van der Waals surface area contributed by atoms with Crippen LogP contribution in [0.1, 0.15) is 55.0 Å². The number of benzene rings is 1. The second kappa shape index (κ2) is 6.10. The van der Waals surface area contributed by atoms with Crippen molar-refractivity contribution in [2.75, 3.05) is 0 Å². The third-order valence-corrected chi connectivity index (χ3v) is 7.62. The first kappa shape index (κ1) is 16.3. The lowest BCUT2D eigenvalue weighted by Crippen LogP contribution is -2.54. The van der Waals surface area contributed by atoms with Crippen molar-refractivity contribution in [2.45, 2.75) is 50.3 Å². The molecule has 6 heteroatoms. The summed E-state index contributed by atoms with van der Waals surface area (Å²) in [5.41, 5.74) is 2.17. The molecule has 1 aromatic carbocycles. The molecule has 0 amide bonds. The van der Waals surface area contributed by atoms with Crippen molar-refractivity contribution in [2.24, 2.45) is 5.10 Å². The Balaban J connectivity index is 1.61. The average Bonchev–Trinajstić information content (AvgIpc) is 3.24. The van der Waals surface area contributed by atoms with Crippen LogP contribution in [0, 0.1) is 0 Å². The van der Waals surface area contributed by atoms with Gasteiger partial charge in [-0.05, 0) is 59.1 Å². The highest BCUT2D eigenvalue weighted by molar-refractivity contribution is 9.11. The van der Waals surface area contributed by atoms with Crippen molar-refractivity contribution in [3.8, 4) is 5.75 Å². The van der Waals surface area contributed by atoms with E-state index in [0.29, 0.717) is 0 Å². The summed E-state index contributed by atoms with van der Waals surface area (Å²) in [5, 5.41) is 7.39. The molecule has 0 radical (unpaired) electrons. The minimum absolute atomic E-state index is 0.264. The number of halogens is 2. The van der Waals surface area contributed by atoms with Gasteiger partial charge in [0, 0.05) is 29.3 Å². The van der Waals surface area contributed by atoms with E-state index in [1.54, 1.807) is 11.3 Å². The van der Waals surface area contributed by atoms with Crippen LogP contribution in [0.25, 0.3) is 0 Å². The lowest BCUT2D eigenvalue weighted by Gasteiger charge is -2.49. The number of hydrogen-bond acceptors (Lipinski definition) is 4. The maximum Gasteiger partial charge on any atom is 0.198 e. The first-order valence-corrected chi connectivity index (χ1v) is 11.2. The molecule has 130 valence electrons. The molecular formula is C19H18Br2N2OS. The Morgan fingerprint density at radius 1 is 1.12 bits per heavy atom. The highest BCUT2D eigenvalue weighted by Crippen LogP contribution is 2.52. The van der Waals surface area contributed by atoms with E-state index in [1.807, 2.05) is 0 Å². The molecule has 1 fully saturated rings. The number of ether oxygens (including phenoxy) is 1. The molecular weight excluding hydrogens is 464 g/mol. The van der Waals surface area contributed by atoms with Crippen molar-refractivity contribution in [3.05, 3.63) is 49.0 Å². The molecule has 1 spiro atoms. The SMILES string of the molecule is Brc1ccc2c(c1)C1CC(c3ccc(Br)s3)=NN1C1(CCCCC1)O2. The molecule has 0 bridgehead atoms. The summed E-state index contributed by atoms with van der Waals surface area (Å²) in [6, 6.07) is 10.9. The molecule has 3 heterocycles. The van der Waals surface area contributed by atoms with E-state index < -0.39 is 0 Å². The molecule has 25 heavy (non-hydrogen) atoms. The molecule has 0 saturated heterocycles. The fourth-order valence-electron chi connectivity index (χ4n) is 4.31. The van der Waals surface area contributed by atoms with Gasteiger partial charge in [0.25, 0.3) is 0 Å². The van der Waals surface area contributed by atoms with Crippen LogP contribution in [0.2, 0.25) is 0 Å². The monoisotopic (exact) mass is 480 g/mol. The Hall–Kier alpha value is -0.850. The van der Waals surface area contributed by atoms with Crippen LogP contribution < -0.4 is 4.74 Å². The number of nitrogens with zero attached hydrogens (tertiary/aromatic N) is 2. The minimum atomic E-state index is -0.264. The molecule has 3 nitrogen and oxygen atoms in total. The fourth-order valence-corrected chi connectivity index (χ4v) is 6.06. The van der Waals surface area contributed by atoms with E-state index in [0.717, 1.165) is 33.3 Å². The van der Waals surface area contributed by atoms with E-state index in [9.17, 15) is 0 Å². The molecule has 1 unspecified atom stereocenters. The van der Waals surface area contributed by atoms with Gasteiger partial charge in [0.1, 0.15) is 5.75 Å². The van der Waals surface area contributed by atoms with Crippen LogP contribution >= 0.6 is 43.2 Å². The standard InChI is InChI=1S/C19H18Br2N2OS/c20-12-4-5-16-13(10-12)15-11-14(17-6-7-18(21)25-17)22-23(15)19(24-16)8-2-1-3-9-19/h4-7,10,15H,1-3,8-9,11H2. The lowest BCUT2D eigenvalue weighted by atomic mass is 9.87. The van der Waals surface area contributed by atoms with Gasteiger partial charge in [0.05, 0.1) is 20.4 Å². The van der Waals surface area contributed by atoms with E-state index >= 15 is 0 Å². The van der Waals surface area contributed by atoms with Crippen LogP contribution in [0.3, 0.4) is 0 Å². The molecule has 3 aliphatic rings. The molecule has 5 rings (SSSR count). The summed E-state index contributed by atoms with van der Waals surface area (Å²) >= 11 is 8.96. The Bertz CT molecular complexity index is 857. The van der Waals surface area contributed by atoms with Crippen LogP contribution in [-0.4, -0.2) is 16.4 Å². The maximum atomic E-state index is 6.61. The third kappa shape index (κ3) is 2.68. The Kier molecular flexibility index (Phi) is 3.99. The average molecular weight is 482 g/mol. The summed E-state index contributed by atoms with van der Waals surface area (Å²) < 4.78 is 8.86. The van der Waals surface area contributed by atoms with Gasteiger partial charge in [-0.2, -0.15) is 5.10 Å². The summed E-state index contributed by atoms with van der Waals surface area (Å²) in [4.78, 5) is 1.25. The number of thiophene rings is 1. The van der Waals surface area contributed by atoms with Crippen LogP contribution in [0.4, 0.5) is 0 Å². The third-order valence-electron chi connectivity index (χ3n) is 5.45. The summed E-state index contributed by atoms with van der Waals surface area (Å²) in [6.07, 6.45) is 6.79. The van der Waals surface area contributed by atoms with Crippen LogP contribution in [0.15, 0.2) is 43.7 Å². The van der Waals surface area contributed by atoms with Gasteiger partial charge < -0.3 is 4.74 Å². The molecule has 1 aromatic heterocycles. The van der Waals surface area contributed by atoms with Crippen molar-refractivity contribution in [3.63, 3.8) is 0 Å². The molecule has 2 aromatic rings. The van der Waals surface area contributed by atoms with E-state index in [-0.39, 0.29) is 11.8 Å². The summed E-state index contributed by atoms with van der Waals surface area (Å²) in [6.45, 7) is 0. The first-order chi connectivity index (χ1) is 12.1. The summed E-state index contributed by atoms with van der Waals surface area (Å²) in [5.74, 6) is 1.04. The van der Waals surface area contributed by atoms with Crippen molar-refractivity contribution in [1.82, 2.24) is 5.01 Å². The predicted molar refractivity (Wildman–Crippen MR) is 108 cm³/mol. The Morgan fingerprint density at radius 3 is 2.72 bits per heavy atom. The van der Waals surface area contributed by atoms with Crippen molar-refractivity contribution in [1.29, 1.82) is 0 Å². The zero-order chi connectivity index (χ0) is 17.0. The molecule has 1 atom stereocenters. The number of hydrazone groups is 1. The minimum Gasteiger partial charge on any atom is -0.466 e. The van der Waals surface area contributed by atoms with Gasteiger partial charge in [-0.1, -0.05) is 22.4 Å². The maximum absolute atomic E-state index is 6.61. The Morgan fingerprint density at radius 2 is 1.96 bits per heavy atom. The van der Waals surface area contributed by atoms with Gasteiger partial charge in [-0.3, -0.25) is 0 Å². The van der Waals surface area contributed by atoms with Crippen LogP contribution in [-0.2, 0) is 0 Å². The predicted octanol–water partition coefficient (Wildman–Crippen LogP) is 6.48. The molecule has 0 N–H and O–H groups in total.